The van der Waals surface area contributed by atoms with Crippen LogP contribution < -0.4 is 14.9 Å². The molecule has 1 amide bonds. The van der Waals surface area contributed by atoms with E-state index < -0.39 is 0 Å². The van der Waals surface area contributed by atoms with E-state index in [0.717, 1.165) is 30.9 Å². The summed E-state index contributed by atoms with van der Waals surface area (Å²) < 4.78 is 11.0. The summed E-state index contributed by atoms with van der Waals surface area (Å²) in [7, 11) is 3.31. The lowest BCUT2D eigenvalue weighted by Gasteiger charge is -2.39. The fourth-order valence-electron chi connectivity index (χ4n) is 3.91. The van der Waals surface area contributed by atoms with E-state index in [1.54, 1.807) is 14.2 Å². The number of methoxy groups -OCH3 is 2. The number of rotatable bonds is 6. The molecule has 2 aromatic rings. The van der Waals surface area contributed by atoms with E-state index >= 15 is 0 Å². The van der Waals surface area contributed by atoms with E-state index in [1.165, 1.54) is 16.7 Å². The van der Waals surface area contributed by atoms with Crippen molar-refractivity contribution in [2.45, 2.75) is 39.7 Å². The van der Waals surface area contributed by atoms with E-state index in [2.05, 4.69) is 37.3 Å². The first-order chi connectivity index (χ1) is 13.5. The van der Waals surface area contributed by atoms with Crippen molar-refractivity contribution in [3.05, 3.63) is 58.7 Å². The zero-order valence-corrected chi connectivity index (χ0v) is 17.4. The Bertz CT molecular complexity index is 830. The van der Waals surface area contributed by atoms with Gasteiger partial charge in [0.2, 0.25) is 0 Å². The summed E-state index contributed by atoms with van der Waals surface area (Å²) in [5.74, 6) is 1.71. The van der Waals surface area contributed by atoms with Gasteiger partial charge in [-0.05, 0) is 59.7 Å². The van der Waals surface area contributed by atoms with Gasteiger partial charge in [-0.2, -0.15) is 0 Å². The Morgan fingerprint density at radius 3 is 2.36 bits per heavy atom. The van der Waals surface area contributed by atoms with E-state index in [4.69, 9.17) is 9.47 Å². The van der Waals surface area contributed by atoms with Gasteiger partial charge < -0.3 is 9.47 Å². The van der Waals surface area contributed by atoms with Crippen LogP contribution in [0.25, 0.3) is 0 Å². The van der Waals surface area contributed by atoms with Crippen LogP contribution in [0, 0.1) is 5.92 Å². The lowest BCUT2D eigenvalue weighted by Crippen LogP contribution is -2.49. The highest BCUT2D eigenvalue weighted by Gasteiger charge is 2.32. The summed E-state index contributed by atoms with van der Waals surface area (Å²) in [6.45, 7) is 7.21. The van der Waals surface area contributed by atoms with Crippen molar-refractivity contribution in [3.8, 4) is 11.5 Å². The number of benzene rings is 2. The summed E-state index contributed by atoms with van der Waals surface area (Å²) in [6.07, 6.45) is 1.81. The van der Waals surface area contributed by atoms with E-state index in [-0.39, 0.29) is 11.9 Å². The van der Waals surface area contributed by atoms with Crippen LogP contribution in [-0.4, -0.2) is 31.7 Å². The highest BCUT2D eigenvalue weighted by Crippen LogP contribution is 2.40. The standard InChI is InChI=1S/C23H30N2O3/c1-6-16-7-9-17(10-8-16)23(26)24-25-12-11-18-13-20(27-4)21(28-5)14-19(18)22(25)15(2)3/h7-10,13-15,22H,6,11-12H2,1-5H3,(H,24,26). The van der Waals surface area contributed by atoms with Crippen molar-refractivity contribution in [2.75, 3.05) is 20.8 Å². The Morgan fingerprint density at radius 1 is 1.14 bits per heavy atom. The van der Waals surface area contributed by atoms with Crippen LogP contribution >= 0.6 is 0 Å². The molecule has 0 bridgehead atoms. The highest BCUT2D eigenvalue weighted by molar-refractivity contribution is 5.93. The molecule has 0 spiro atoms. The Labute approximate surface area is 167 Å². The van der Waals surface area contributed by atoms with Crippen molar-refractivity contribution in [3.63, 3.8) is 0 Å². The second-order valence-electron chi connectivity index (χ2n) is 7.53. The van der Waals surface area contributed by atoms with Crippen molar-refractivity contribution in [1.29, 1.82) is 0 Å². The van der Waals surface area contributed by atoms with Gasteiger partial charge in [-0.1, -0.05) is 32.9 Å². The normalized spacial score (nSPS) is 16.6. The van der Waals surface area contributed by atoms with Gasteiger partial charge >= 0.3 is 0 Å². The second kappa shape index (κ2) is 8.65. The molecule has 28 heavy (non-hydrogen) atoms. The first-order valence-corrected chi connectivity index (χ1v) is 9.89. The van der Waals surface area contributed by atoms with Crippen LogP contribution in [0.5, 0.6) is 11.5 Å². The smallest absolute Gasteiger partial charge is 0.265 e. The van der Waals surface area contributed by atoms with Crippen molar-refractivity contribution in [1.82, 2.24) is 10.4 Å². The number of hydrazine groups is 1. The van der Waals surface area contributed by atoms with Crippen LogP contribution in [0.4, 0.5) is 0 Å². The molecule has 5 heteroatoms. The van der Waals surface area contributed by atoms with Gasteiger partial charge in [-0.25, -0.2) is 5.01 Å². The van der Waals surface area contributed by atoms with Crippen LogP contribution in [0.2, 0.25) is 0 Å². The minimum atomic E-state index is -0.0720. The molecule has 1 atom stereocenters. The Morgan fingerprint density at radius 2 is 1.79 bits per heavy atom. The number of ether oxygens (including phenoxy) is 2. The average molecular weight is 383 g/mol. The van der Waals surface area contributed by atoms with Crippen LogP contribution in [0.1, 0.15) is 53.9 Å². The van der Waals surface area contributed by atoms with Gasteiger partial charge in [0.1, 0.15) is 0 Å². The molecule has 1 aliphatic heterocycles. The fraction of sp³-hybridized carbons (Fsp3) is 0.435. The number of nitrogens with one attached hydrogen (secondary N) is 1. The third-order valence-corrected chi connectivity index (χ3v) is 5.42. The Hall–Kier alpha value is -2.53. The number of hydrogen-bond acceptors (Lipinski definition) is 4. The molecular weight excluding hydrogens is 352 g/mol. The predicted molar refractivity (Wildman–Crippen MR) is 111 cm³/mol. The third kappa shape index (κ3) is 3.99. The lowest BCUT2D eigenvalue weighted by molar-refractivity contribution is 0.0557. The topological polar surface area (TPSA) is 50.8 Å². The minimum Gasteiger partial charge on any atom is -0.493 e. The molecule has 3 rings (SSSR count). The van der Waals surface area contributed by atoms with Crippen molar-refractivity contribution < 1.29 is 14.3 Å². The van der Waals surface area contributed by atoms with Gasteiger partial charge in [-0.15, -0.1) is 0 Å². The lowest BCUT2D eigenvalue weighted by atomic mass is 9.87. The summed E-state index contributed by atoms with van der Waals surface area (Å²) in [4.78, 5) is 12.8. The first-order valence-electron chi connectivity index (χ1n) is 9.89. The second-order valence-corrected chi connectivity index (χ2v) is 7.53. The Balaban J connectivity index is 1.87. The number of carbonyl (C=O) groups is 1. The van der Waals surface area contributed by atoms with Crippen molar-refractivity contribution >= 4 is 5.91 Å². The fourth-order valence-corrected chi connectivity index (χ4v) is 3.91. The molecule has 0 saturated carbocycles. The molecule has 0 fully saturated rings. The molecule has 2 aromatic carbocycles. The molecule has 1 heterocycles. The maximum Gasteiger partial charge on any atom is 0.265 e. The largest absolute Gasteiger partial charge is 0.493 e. The van der Waals surface area contributed by atoms with Gasteiger partial charge in [0, 0.05) is 12.1 Å². The number of fused-ring (bicyclic) bond motifs is 1. The number of aryl methyl sites for hydroxylation is 1. The number of nitrogens with zero attached hydrogens (tertiary/aromatic N) is 1. The quantitative estimate of drug-likeness (QED) is 0.815. The van der Waals surface area contributed by atoms with Gasteiger partial charge in [-0.3, -0.25) is 10.2 Å². The molecular formula is C23H30N2O3. The zero-order chi connectivity index (χ0) is 20.3. The molecule has 0 aliphatic carbocycles. The summed E-state index contributed by atoms with van der Waals surface area (Å²) in [6, 6.07) is 12.0. The highest BCUT2D eigenvalue weighted by atomic mass is 16.5. The average Bonchev–Trinajstić information content (AvgIpc) is 2.72. The SMILES string of the molecule is CCc1ccc(C(=O)NN2CCc3cc(OC)c(OC)cc3C2C(C)C)cc1. The van der Waals surface area contributed by atoms with E-state index in [0.29, 0.717) is 11.5 Å². The molecule has 1 unspecified atom stereocenters. The molecule has 0 radical (unpaired) electrons. The van der Waals surface area contributed by atoms with Gasteiger partial charge in [0.05, 0.1) is 20.3 Å². The number of hydrogen-bond donors (Lipinski definition) is 1. The summed E-state index contributed by atoms with van der Waals surface area (Å²) in [5, 5.41) is 2.06. The number of amides is 1. The Kier molecular flexibility index (Phi) is 6.25. The molecule has 150 valence electrons. The molecule has 0 saturated heterocycles. The van der Waals surface area contributed by atoms with E-state index in [1.807, 2.05) is 30.3 Å². The van der Waals surface area contributed by atoms with Gasteiger partial charge in [0.15, 0.2) is 11.5 Å². The molecule has 1 aliphatic rings. The van der Waals surface area contributed by atoms with Crippen LogP contribution in [-0.2, 0) is 12.8 Å². The summed E-state index contributed by atoms with van der Waals surface area (Å²) in [5.41, 5.74) is 7.46. The van der Waals surface area contributed by atoms with Crippen molar-refractivity contribution in [2.24, 2.45) is 5.92 Å². The minimum absolute atomic E-state index is 0.0717. The van der Waals surface area contributed by atoms with Crippen LogP contribution in [0.15, 0.2) is 36.4 Å². The van der Waals surface area contributed by atoms with E-state index in [9.17, 15) is 4.79 Å². The predicted octanol–water partition coefficient (Wildman–Crippen LogP) is 4.17. The third-order valence-electron chi connectivity index (χ3n) is 5.42. The zero-order valence-electron chi connectivity index (χ0n) is 17.4. The molecule has 5 nitrogen and oxygen atoms in total. The maximum absolute atomic E-state index is 12.8. The maximum atomic E-state index is 12.8. The van der Waals surface area contributed by atoms with Crippen LogP contribution in [0.3, 0.4) is 0 Å². The first kappa shape index (κ1) is 20.2. The van der Waals surface area contributed by atoms with Gasteiger partial charge in [0.25, 0.3) is 5.91 Å². The molecule has 1 N–H and O–H groups in total. The monoisotopic (exact) mass is 382 g/mol. The molecule has 0 aromatic heterocycles. The number of carbonyl (C=O) groups excluding carboxylic acids is 1. The summed E-state index contributed by atoms with van der Waals surface area (Å²) >= 11 is 0.